The van der Waals surface area contributed by atoms with Gasteiger partial charge in [-0.25, -0.2) is 10.1 Å². The molecule has 7 nitrogen and oxygen atoms in total. The van der Waals surface area contributed by atoms with E-state index < -0.39 is 5.03 Å². The lowest BCUT2D eigenvalue weighted by atomic mass is 10.1. The van der Waals surface area contributed by atoms with Gasteiger partial charge in [0.2, 0.25) is 0 Å². The van der Waals surface area contributed by atoms with E-state index in [1.165, 1.54) is 0 Å². The van der Waals surface area contributed by atoms with Crippen LogP contribution in [0.25, 0.3) is 11.1 Å². The van der Waals surface area contributed by atoms with Crippen LogP contribution in [0.3, 0.4) is 0 Å². The molecule has 0 aromatic heterocycles. The van der Waals surface area contributed by atoms with Gasteiger partial charge in [-0.2, -0.15) is 0 Å². The Morgan fingerprint density at radius 1 is 1.00 bits per heavy atom. The summed E-state index contributed by atoms with van der Waals surface area (Å²) < 4.78 is 0. The lowest BCUT2D eigenvalue weighted by molar-refractivity contribution is -0.525. The Labute approximate surface area is 119 Å². The van der Waals surface area contributed by atoms with Crippen molar-refractivity contribution >= 4 is 11.7 Å². The van der Waals surface area contributed by atoms with Crippen LogP contribution in [0.5, 0.6) is 0 Å². The Morgan fingerprint density at radius 2 is 1.48 bits per heavy atom. The molecule has 0 heterocycles. The fourth-order valence-corrected chi connectivity index (χ4v) is 2.32. The molecule has 0 spiro atoms. The number of nitrogens with two attached hydrogens (primary N) is 1. The van der Waals surface area contributed by atoms with Crippen molar-refractivity contribution in [2.24, 2.45) is 15.9 Å². The van der Waals surface area contributed by atoms with E-state index in [1.807, 2.05) is 48.5 Å². The summed E-state index contributed by atoms with van der Waals surface area (Å²) in [6, 6.07) is 15.6. The number of nitrogens with zero attached hydrogens (tertiary/aromatic N) is 3. The summed E-state index contributed by atoms with van der Waals surface area (Å²) in [6.45, 7) is 0. The lowest BCUT2D eigenvalue weighted by Gasteiger charge is -1.98. The van der Waals surface area contributed by atoms with Gasteiger partial charge in [0.25, 0.3) is 5.96 Å². The van der Waals surface area contributed by atoms with Crippen molar-refractivity contribution in [3.63, 3.8) is 0 Å². The van der Waals surface area contributed by atoms with E-state index in [-0.39, 0.29) is 5.96 Å². The van der Waals surface area contributed by atoms with Crippen molar-refractivity contribution < 1.29 is 5.03 Å². The third kappa shape index (κ3) is 2.32. The van der Waals surface area contributed by atoms with E-state index in [9.17, 15) is 10.1 Å². The Morgan fingerprint density at radius 3 is 1.95 bits per heavy atom. The first kappa shape index (κ1) is 12.8. The number of hydrazine groups is 1. The van der Waals surface area contributed by atoms with Gasteiger partial charge < -0.3 is 5.73 Å². The van der Waals surface area contributed by atoms with Crippen LogP contribution in [0, 0.1) is 10.1 Å². The van der Waals surface area contributed by atoms with Gasteiger partial charge in [-0.1, -0.05) is 54.0 Å². The highest BCUT2D eigenvalue weighted by molar-refractivity contribution is 6.24. The number of nitrogens with one attached hydrogen (secondary N) is 1. The second-order valence-electron chi connectivity index (χ2n) is 4.39. The maximum absolute atomic E-state index is 10.3. The van der Waals surface area contributed by atoms with Crippen LogP contribution < -0.4 is 11.2 Å². The molecule has 0 saturated carbocycles. The monoisotopic (exact) mass is 281 g/mol. The van der Waals surface area contributed by atoms with E-state index in [2.05, 4.69) is 10.2 Å². The van der Waals surface area contributed by atoms with Gasteiger partial charge in [0.1, 0.15) is 5.71 Å². The molecule has 0 amide bonds. The number of rotatable bonds is 2. The number of guanidine groups is 1. The molecule has 0 radical (unpaired) electrons. The quantitative estimate of drug-likeness (QED) is 0.321. The summed E-state index contributed by atoms with van der Waals surface area (Å²) in [4.78, 5) is 10.3. The predicted molar refractivity (Wildman–Crippen MR) is 79.3 cm³/mol. The van der Waals surface area contributed by atoms with E-state index in [0.29, 0.717) is 5.71 Å². The minimum absolute atomic E-state index is 0.366. The highest BCUT2D eigenvalue weighted by atomic mass is 16.7. The summed E-state index contributed by atoms with van der Waals surface area (Å²) in [7, 11) is 0. The van der Waals surface area contributed by atoms with Gasteiger partial charge in [0.15, 0.2) is 5.03 Å². The van der Waals surface area contributed by atoms with Crippen LogP contribution in [-0.2, 0) is 0 Å². The maximum Gasteiger partial charge on any atom is 0.275 e. The van der Waals surface area contributed by atoms with Crippen molar-refractivity contribution in [1.29, 1.82) is 0 Å². The smallest absolute Gasteiger partial charge is 0.275 e. The van der Waals surface area contributed by atoms with Gasteiger partial charge in [0, 0.05) is 11.1 Å². The van der Waals surface area contributed by atoms with Crippen LogP contribution in [0.4, 0.5) is 0 Å². The topological polar surface area (TPSA) is 106 Å². The van der Waals surface area contributed by atoms with Gasteiger partial charge >= 0.3 is 0 Å². The van der Waals surface area contributed by atoms with Crippen molar-refractivity contribution in [3.05, 3.63) is 69.8 Å². The molecule has 21 heavy (non-hydrogen) atoms. The van der Waals surface area contributed by atoms with Gasteiger partial charge in [-0.05, 0) is 11.1 Å². The Kier molecular flexibility index (Phi) is 3.07. The van der Waals surface area contributed by atoms with Crippen LogP contribution >= 0.6 is 0 Å². The normalized spacial score (nSPS) is 12.6. The van der Waals surface area contributed by atoms with Crippen LogP contribution in [0.2, 0.25) is 0 Å². The molecule has 0 saturated heterocycles. The molecule has 2 aromatic carbocycles. The van der Waals surface area contributed by atoms with Crippen molar-refractivity contribution in [2.75, 3.05) is 0 Å². The third-order valence-corrected chi connectivity index (χ3v) is 3.12. The third-order valence-electron chi connectivity index (χ3n) is 3.12. The van der Waals surface area contributed by atoms with Gasteiger partial charge in [0.05, 0.1) is 0 Å². The second kappa shape index (κ2) is 5.04. The minimum Gasteiger partial charge on any atom is -0.364 e. The standard InChI is InChI=1S/C14H11N5O2/c15-14(18-19(20)21)17-16-13-11-7-3-1-5-9(11)10-6-2-4-8-12(10)13/h1-8H,(H3,15,17,18). The Balaban J connectivity index is 2.09. The highest BCUT2D eigenvalue weighted by Crippen LogP contribution is 2.36. The second-order valence-corrected chi connectivity index (χ2v) is 4.39. The zero-order valence-electron chi connectivity index (χ0n) is 10.9. The van der Waals surface area contributed by atoms with Gasteiger partial charge in [-0.15, -0.1) is 10.2 Å². The number of hydrogen-bond acceptors (Lipinski definition) is 4. The van der Waals surface area contributed by atoms with E-state index in [0.717, 1.165) is 22.3 Å². The molecule has 0 unspecified atom stereocenters. The maximum atomic E-state index is 10.3. The zero-order valence-corrected chi connectivity index (χ0v) is 10.9. The first-order chi connectivity index (χ1) is 10.2. The molecule has 104 valence electrons. The number of nitro groups is 1. The summed E-state index contributed by atoms with van der Waals surface area (Å²) in [5.41, 5.74) is 11.8. The summed E-state index contributed by atoms with van der Waals surface area (Å²) in [6.07, 6.45) is 0. The van der Waals surface area contributed by atoms with E-state index in [4.69, 9.17) is 5.73 Å². The van der Waals surface area contributed by atoms with Crippen LogP contribution in [0.1, 0.15) is 11.1 Å². The molecule has 3 N–H and O–H groups in total. The predicted octanol–water partition coefficient (Wildman–Crippen LogP) is 1.52. The minimum atomic E-state index is -0.782. The summed E-state index contributed by atoms with van der Waals surface area (Å²) in [5, 5.41) is 17.3. The first-order valence-electron chi connectivity index (χ1n) is 6.18. The molecular formula is C14H11N5O2. The van der Waals surface area contributed by atoms with E-state index in [1.54, 1.807) is 5.43 Å². The molecule has 0 aliphatic heterocycles. The summed E-state index contributed by atoms with van der Waals surface area (Å²) in [5.74, 6) is -0.366. The van der Waals surface area contributed by atoms with Crippen molar-refractivity contribution in [3.8, 4) is 11.1 Å². The molecule has 0 fully saturated rings. The zero-order chi connectivity index (χ0) is 14.8. The fraction of sp³-hybridized carbons (Fsp3) is 0. The molecule has 0 atom stereocenters. The molecule has 7 heteroatoms. The fourth-order valence-electron chi connectivity index (χ4n) is 2.32. The molecule has 0 bridgehead atoms. The van der Waals surface area contributed by atoms with Crippen molar-refractivity contribution in [2.45, 2.75) is 0 Å². The average molecular weight is 281 g/mol. The largest absolute Gasteiger partial charge is 0.364 e. The van der Waals surface area contributed by atoms with Crippen molar-refractivity contribution in [1.82, 2.24) is 5.43 Å². The number of benzene rings is 2. The molecular weight excluding hydrogens is 270 g/mol. The average Bonchev–Trinajstić information content (AvgIpc) is 2.79. The Bertz CT molecular complexity index is 735. The SMILES string of the molecule is N/C(=N\N=C1c2ccccc2-c2ccccc21)N[N+](=O)[O-]. The number of hydrogen-bond donors (Lipinski definition) is 2. The highest BCUT2D eigenvalue weighted by Gasteiger charge is 2.23. The Hall–Kier alpha value is -3.22. The molecule has 1 aliphatic rings. The van der Waals surface area contributed by atoms with Gasteiger partial charge in [-0.3, -0.25) is 0 Å². The lowest BCUT2D eigenvalue weighted by Crippen LogP contribution is -2.35. The van der Waals surface area contributed by atoms with Crippen LogP contribution in [-0.4, -0.2) is 16.7 Å². The first-order valence-corrected chi connectivity index (χ1v) is 6.18. The van der Waals surface area contributed by atoms with Crippen LogP contribution in [0.15, 0.2) is 58.7 Å². The molecule has 3 rings (SSSR count). The molecule has 1 aliphatic carbocycles. The number of fused-ring (bicyclic) bond motifs is 3. The molecule has 2 aromatic rings. The summed E-state index contributed by atoms with van der Waals surface area (Å²) >= 11 is 0. The van der Waals surface area contributed by atoms with E-state index >= 15 is 0 Å².